The first-order valence-corrected chi connectivity index (χ1v) is 9.31. The van der Waals surface area contributed by atoms with Crippen LogP contribution in [0.25, 0.3) is 0 Å². The summed E-state index contributed by atoms with van der Waals surface area (Å²) < 4.78 is 0. The van der Waals surface area contributed by atoms with Gasteiger partial charge in [-0.1, -0.05) is 11.6 Å². The molecule has 2 saturated heterocycles. The highest BCUT2D eigenvalue weighted by atomic mass is 35.5. The Bertz CT molecular complexity index is 496. The van der Waals surface area contributed by atoms with Crippen LogP contribution in [-0.4, -0.2) is 54.6 Å². The minimum atomic E-state index is 0.505. The number of nitrogens with zero attached hydrogens (tertiary/aromatic N) is 4. The average Bonchev–Trinajstić information content (AvgIpc) is 3.09. The third-order valence-electron chi connectivity index (χ3n) is 5.23. The lowest BCUT2D eigenvalue weighted by Crippen LogP contribution is -2.35. The first-order valence-electron chi connectivity index (χ1n) is 8.93. The van der Waals surface area contributed by atoms with Crippen LogP contribution in [0.4, 0.5) is 11.5 Å². The van der Waals surface area contributed by atoms with Crippen molar-refractivity contribution in [3.8, 4) is 0 Å². The molecule has 2 aliphatic heterocycles. The molecule has 0 atom stereocenters. The fourth-order valence-corrected chi connectivity index (χ4v) is 4.08. The molecule has 3 rings (SSSR count). The van der Waals surface area contributed by atoms with Crippen molar-refractivity contribution in [1.29, 1.82) is 0 Å². The Labute approximate surface area is 144 Å². The van der Waals surface area contributed by atoms with E-state index in [2.05, 4.69) is 25.1 Å². The third-order valence-corrected chi connectivity index (χ3v) is 5.52. The summed E-state index contributed by atoms with van der Waals surface area (Å²) in [5.74, 6) is 1.81. The normalized spacial score (nSPS) is 20.2. The van der Waals surface area contributed by atoms with Gasteiger partial charge in [0.15, 0.2) is 11.0 Å². The van der Waals surface area contributed by atoms with E-state index in [-0.39, 0.29) is 0 Å². The fraction of sp³-hybridized carbons (Fsp3) is 0.765. The van der Waals surface area contributed by atoms with E-state index in [9.17, 15) is 0 Å². The standard InChI is InChI=1S/C17H28ClN5/c1-19-15-16(18)20-13-21-17(15)23-11-6-14(7-12-23)5-4-10-22-8-2-3-9-22/h13-14,19H,2-12H2,1H3. The van der Waals surface area contributed by atoms with Gasteiger partial charge < -0.3 is 15.1 Å². The topological polar surface area (TPSA) is 44.3 Å². The number of nitrogens with one attached hydrogen (secondary N) is 1. The number of halogens is 1. The van der Waals surface area contributed by atoms with Gasteiger partial charge in [-0.05, 0) is 64.1 Å². The molecule has 0 aliphatic carbocycles. The lowest BCUT2D eigenvalue weighted by molar-refractivity contribution is 0.299. The van der Waals surface area contributed by atoms with Crippen molar-refractivity contribution in [3.05, 3.63) is 11.5 Å². The molecule has 1 aromatic rings. The molecule has 0 radical (unpaired) electrons. The lowest BCUT2D eigenvalue weighted by Gasteiger charge is -2.34. The van der Waals surface area contributed by atoms with Crippen molar-refractivity contribution in [2.45, 2.75) is 38.5 Å². The van der Waals surface area contributed by atoms with Gasteiger partial charge in [-0.2, -0.15) is 0 Å². The highest BCUT2D eigenvalue weighted by molar-refractivity contribution is 6.32. The van der Waals surface area contributed by atoms with E-state index in [1.807, 2.05) is 7.05 Å². The molecule has 0 unspecified atom stereocenters. The van der Waals surface area contributed by atoms with Crippen molar-refractivity contribution in [2.24, 2.45) is 5.92 Å². The van der Waals surface area contributed by atoms with E-state index in [1.54, 1.807) is 6.33 Å². The van der Waals surface area contributed by atoms with Crippen molar-refractivity contribution < 1.29 is 0 Å². The van der Waals surface area contributed by atoms with Crippen LogP contribution in [0.2, 0.25) is 5.15 Å². The largest absolute Gasteiger partial charge is 0.383 e. The zero-order valence-corrected chi connectivity index (χ0v) is 14.9. The van der Waals surface area contributed by atoms with Crippen molar-refractivity contribution in [2.75, 3.05) is 50.0 Å². The highest BCUT2D eigenvalue weighted by Gasteiger charge is 2.23. The van der Waals surface area contributed by atoms with E-state index < -0.39 is 0 Å². The summed E-state index contributed by atoms with van der Waals surface area (Å²) >= 11 is 6.16. The Morgan fingerprint density at radius 1 is 1.17 bits per heavy atom. The summed E-state index contributed by atoms with van der Waals surface area (Å²) in [5.41, 5.74) is 0.849. The van der Waals surface area contributed by atoms with Crippen LogP contribution in [0.15, 0.2) is 6.33 Å². The minimum absolute atomic E-state index is 0.505. The molecule has 2 fully saturated rings. The molecule has 3 heterocycles. The summed E-state index contributed by atoms with van der Waals surface area (Å²) in [6.07, 6.45) is 9.58. The van der Waals surface area contributed by atoms with Crippen molar-refractivity contribution >= 4 is 23.1 Å². The summed E-state index contributed by atoms with van der Waals surface area (Å²) in [5, 5.41) is 3.64. The van der Waals surface area contributed by atoms with Gasteiger partial charge in [0.05, 0.1) is 0 Å². The van der Waals surface area contributed by atoms with Crippen LogP contribution < -0.4 is 10.2 Å². The second-order valence-electron chi connectivity index (χ2n) is 6.73. The molecule has 0 saturated carbocycles. The number of hydrogen-bond acceptors (Lipinski definition) is 5. The Morgan fingerprint density at radius 3 is 2.61 bits per heavy atom. The van der Waals surface area contributed by atoms with Crippen LogP contribution in [-0.2, 0) is 0 Å². The maximum atomic E-state index is 6.16. The van der Waals surface area contributed by atoms with Gasteiger partial charge in [0.1, 0.15) is 12.0 Å². The van der Waals surface area contributed by atoms with Gasteiger partial charge in [0, 0.05) is 20.1 Å². The molecule has 0 aromatic carbocycles. The minimum Gasteiger partial charge on any atom is -0.383 e. The van der Waals surface area contributed by atoms with Gasteiger partial charge >= 0.3 is 0 Å². The van der Waals surface area contributed by atoms with E-state index in [4.69, 9.17) is 11.6 Å². The summed E-state index contributed by atoms with van der Waals surface area (Å²) in [6, 6.07) is 0. The lowest BCUT2D eigenvalue weighted by atomic mass is 9.92. The van der Waals surface area contributed by atoms with E-state index in [0.29, 0.717) is 5.15 Å². The molecule has 1 aromatic heterocycles. The molecule has 0 bridgehead atoms. The van der Waals surface area contributed by atoms with Crippen LogP contribution in [0.1, 0.15) is 38.5 Å². The monoisotopic (exact) mass is 337 g/mol. The maximum absolute atomic E-state index is 6.16. The van der Waals surface area contributed by atoms with Crippen LogP contribution >= 0.6 is 11.6 Å². The number of hydrogen-bond donors (Lipinski definition) is 1. The summed E-state index contributed by atoms with van der Waals surface area (Å²) in [6.45, 7) is 6.07. The SMILES string of the molecule is CNc1c(Cl)ncnc1N1CCC(CCCN2CCCC2)CC1. The maximum Gasteiger partial charge on any atom is 0.157 e. The van der Waals surface area contributed by atoms with Crippen LogP contribution in [0.3, 0.4) is 0 Å². The van der Waals surface area contributed by atoms with Crippen molar-refractivity contribution in [1.82, 2.24) is 14.9 Å². The Kier molecular flexibility index (Phi) is 5.95. The molecule has 0 amide bonds. The molecule has 1 N–H and O–H groups in total. The average molecular weight is 338 g/mol. The highest BCUT2D eigenvalue weighted by Crippen LogP contribution is 2.32. The van der Waals surface area contributed by atoms with Crippen molar-refractivity contribution in [3.63, 3.8) is 0 Å². The number of rotatable bonds is 6. The molecule has 6 heteroatoms. The molecule has 0 spiro atoms. The molecule has 23 heavy (non-hydrogen) atoms. The van der Waals surface area contributed by atoms with Gasteiger partial charge in [-0.15, -0.1) is 0 Å². The third kappa shape index (κ3) is 4.27. The number of anilines is 2. The second-order valence-corrected chi connectivity index (χ2v) is 7.09. The number of aromatic nitrogens is 2. The van der Waals surface area contributed by atoms with E-state index in [0.717, 1.165) is 30.5 Å². The predicted molar refractivity (Wildman–Crippen MR) is 96.4 cm³/mol. The number of likely N-dealkylation sites (tertiary alicyclic amines) is 1. The molecular formula is C17H28ClN5. The second kappa shape index (κ2) is 8.15. The Morgan fingerprint density at radius 2 is 1.91 bits per heavy atom. The predicted octanol–water partition coefficient (Wildman–Crippen LogP) is 3.26. The van der Waals surface area contributed by atoms with E-state index in [1.165, 1.54) is 58.2 Å². The first kappa shape index (κ1) is 16.8. The van der Waals surface area contributed by atoms with Gasteiger partial charge in [-0.3, -0.25) is 0 Å². The smallest absolute Gasteiger partial charge is 0.157 e. The molecule has 128 valence electrons. The van der Waals surface area contributed by atoms with E-state index >= 15 is 0 Å². The zero-order valence-electron chi connectivity index (χ0n) is 14.1. The van der Waals surface area contributed by atoms with Gasteiger partial charge in [0.2, 0.25) is 0 Å². The fourth-order valence-electron chi connectivity index (χ4n) is 3.85. The number of piperidine rings is 1. The quantitative estimate of drug-likeness (QED) is 0.807. The molecule has 2 aliphatic rings. The van der Waals surface area contributed by atoms with Gasteiger partial charge in [-0.25, -0.2) is 9.97 Å². The summed E-state index contributed by atoms with van der Waals surface area (Å²) in [7, 11) is 1.87. The first-order chi connectivity index (χ1) is 11.3. The Balaban J connectivity index is 1.45. The Hall–Kier alpha value is -1.07. The van der Waals surface area contributed by atoms with Gasteiger partial charge in [0.25, 0.3) is 0 Å². The summed E-state index contributed by atoms with van der Waals surface area (Å²) in [4.78, 5) is 13.5. The van der Waals surface area contributed by atoms with Crippen LogP contribution in [0, 0.1) is 5.92 Å². The molecule has 5 nitrogen and oxygen atoms in total. The van der Waals surface area contributed by atoms with Crippen LogP contribution in [0.5, 0.6) is 0 Å². The molecular weight excluding hydrogens is 310 g/mol. The zero-order chi connectivity index (χ0) is 16.1.